The predicted molar refractivity (Wildman–Crippen MR) is 43.7 cm³/mol. The Morgan fingerprint density at radius 3 is 3.17 bits per heavy atom. The number of hydrogen-bond donors (Lipinski definition) is 0. The van der Waals surface area contributed by atoms with Gasteiger partial charge in [0.25, 0.3) is 0 Å². The first-order valence-corrected chi connectivity index (χ1v) is 4.96. The van der Waals surface area contributed by atoms with Crippen LogP contribution in [0.2, 0.25) is 0 Å². The van der Waals surface area contributed by atoms with Gasteiger partial charge in [-0.3, -0.25) is 4.79 Å². The Kier molecular flexibility index (Phi) is 1.24. The Morgan fingerprint density at radius 1 is 1.33 bits per heavy atom. The van der Waals surface area contributed by atoms with Crippen molar-refractivity contribution in [3.8, 4) is 0 Å². The molecule has 0 N–H and O–H groups in total. The third-order valence-electron chi connectivity index (χ3n) is 4.12. The fraction of sp³-hybridized carbons (Fsp3) is 0.900. The molecule has 2 nitrogen and oxygen atoms in total. The van der Waals surface area contributed by atoms with Crippen LogP contribution >= 0.6 is 0 Å². The Bertz CT molecular complexity index is 236. The summed E-state index contributed by atoms with van der Waals surface area (Å²) in [5, 5.41) is 0. The van der Waals surface area contributed by atoms with Gasteiger partial charge in [-0.15, -0.1) is 0 Å². The first-order chi connectivity index (χ1) is 5.84. The zero-order chi connectivity index (χ0) is 8.18. The fourth-order valence-electron chi connectivity index (χ4n) is 3.43. The van der Waals surface area contributed by atoms with E-state index >= 15 is 0 Å². The molecule has 1 saturated heterocycles. The number of ether oxygens (including phenoxy) is 1. The molecule has 3 rings (SSSR count). The zero-order valence-electron chi connectivity index (χ0n) is 7.21. The van der Waals surface area contributed by atoms with Gasteiger partial charge in [0, 0.05) is 17.3 Å². The Hall–Kier alpha value is -0.370. The zero-order valence-corrected chi connectivity index (χ0v) is 7.21. The highest BCUT2D eigenvalue weighted by molar-refractivity contribution is 5.92. The molecule has 0 radical (unpaired) electrons. The van der Waals surface area contributed by atoms with Crippen molar-refractivity contribution < 1.29 is 9.53 Å². The van der Waals surface area contributed by atoms with Crippen LogP contribution in [0.3, 0.4) is 0 Å². The van der Waals surface area contributed by atoms with E-state index < -0.39 is 0 Å². The van der Waals surface area contributed by atoms with Crippen molar-refractivity contribution in [2.24, 2.45) is 17.3 Å². The van der Waals surface area contributed by atoms with E-state index in [-0.39, 0.29) is 0 Å². The van der Waals surface area contributed by atoms with Crippen molar-refractivity contribution in [2.45, 2.75) is 25.7 Å². The van der Waals surface area contributed by atoms with Crippen LogP contribution < -0.4 is 0 Å². The summed E-state index contributed by atoms with van der Waals surface area (Å²) in [5.41, 5.74) is 0.329. The quantitative estimate of drug-likeness (QED) is 0.543. The molecule has 1 heterocycles. The maximum atomic E-state index is 11.6. The van der Waals surface area contributed by atoms with Crippen LogP contribution in [0, 0.1) is 17.3 Å². The minimum atomic E-state index is 0.294. The Morgan fingerprint density at radius 2 is 2.25 bits per heavy atom. The predicted octanol–water partition coefficient (Wildman–Crippen LogP) is 1.39. The van der Waals surface area contributed by atoms with Gasteiger partial charge in [-0.25, -0.2) is 0 Å². The second kappa shape index (κ2) is 2.11. The second-order valence-corrected chi connectivity index (χ2v) is 4.50. The summed E-state index contributed by atoms with van der Waals surface area (Å²) in [6.07, 6.45) is 4.95. The maximum Gasteiger partial charge on any atom is 0.142 e. The lowest BCUT2D eigenvalue weighted by Gasteiger charge is -2.52. The van der Waals surface area contributed by atoms with Crippen molar-refractivity contribution in [1.29, 1.82) is 0 Å². The summed E-state index contributed by atoms with van der Waals surface area (Å²) >= 11 is 0. The van der Waals surface area contributed by atoms with Gasteiger partial charge in [0.2, 0.25) is 0 Å². The normalized spacial score (nSPS) is 51.2. The van der Waals surface area contributed by atoms with E-state index in [1.807, 2.05) is 0 Å². The van der Waals surface area contributed by atoms with Crippen LogP contribution in [0.4, 0.5) is 0 Å². The first-order valence-electron chi connectivity index (χ1n) is 4.96. The van der Waals surface area contributed by atoms with Gasteiger partial charge in [0.1, 0.15) is 5.78 Å². The van der Waals surface area contributed by atoms with Crippen LogP contribution in [0.25, 0.3) is 0 Å². The summed E-state index contributed by atoms with van der Waals surface area (Å²) in [5.74, 6) is 1.19. The van der Waals surface area contributed by atoms with E-state index in [1.165, 1.54) is 19.3 Å². The van der Waals surface area contributed by atoms with Gasteiger partial charge >= 0.3 is 0 Å². The minimum absolute atomic E-state index is 0.294. The van der Waals surface area contributed by atoms with Gasteiger partial charge in [-0.1, -0.05) is 12.8 Å². The number of carbonyl (C=O) groups is 1. The molecule has 2 heteroatoms. The molecule has 12 heavy (non-hydrogen) atoms. The molecule has 0 aromatic rings. The third kappa shape index (κ3) is 0.598. The van der Waals surface area contributed by atoms with Crippen LogP contribution in [0.1, 0.15) is 25.7 Å². The molecule has 0 aromatic carbocycles. The molecule has 1 aliphatic heterocycles. The second-order valence-electron chi connectivity index (χ2n) is 4.50. The highest BCUT2D eigenvalue weighted by Gasteiger charge is 2.64. The van der Waals surface area contributed by atoms with Crippen molar-refractivity contribution >= 4 is 5.78 Å². The highest BCUT2D eigenvalue weighted by atomic mass is 16.5. The molecular formula is C10H14O2. The van der Waals surface area contributed by atoms with E-state index in [9.17, 15) is 4.79 Å². The largest absolute Gasteiger partial charge is 0.380 e. The molecule has 0 aromatic heterocycles. The molecule has 0 amide bonds. The highest BCUT2D eigenvalue weighted by Crippen LogP contribution is 2.59. The molecule has 2 saturated carbocycles. The third-order valence-corrected chi connectivity index (χ3v) is 4.12. The maximum absolute atomic E-state index is 11.6. The monoisotopic (exact) mass is 166 g/mol. The van der Waals surface area contributed by atoms with Crippen LogP contribution in [0.5, 0.6) is 0 Å². The number of carbonyl (C=O) groups excluding carboxylic acids is 1. The molecule has 0 bridgehead atoms. The molecule has 1 spiro atoms. The van der Waals surface area contributed by atoms with E-state index in [1.54, 1.807) is 0 Å². The smallest absolute Gasteiger partial charge is 0.142 e. The summed E-state index contributed by atoms with van der Waals surface area (Å²) in [6, 6.07) is 0. The SMILES string of the molecule is O=C1C2CCCCC23COCC13. The lowest BCUT2D eigenvalue weighted by atomic mass is 9.48. The van der Waals surface area contributed by atoms with Gasteiger partial charge in [-0.2, -0.15) is 0 Å². The standard InChI is InChI=1S/C10H14O2/c11-9-7-3-1-2-4-10(7)6-12-5-8(9)10/h7-8H,1-6H2. The van der Waals surface area contributed by atoms with Gasteiger partial charge in [0.15, 0.2) is 0 Å². The summed E-state index contributed by atoms with van der Waals surface area (Å²) < 4.78 is 5.44. The van der Waals surface area contributed by atoms with Crippen molar-refractivity contribution in [1.82, 2.24) is 0 Å². The van der Waals surface area contributed by atoms with Crippen LogP contribution in [0.15, 0.2) is 0 Å². The van der Waals surface area contributed by atoms with Crippen LogP contribution in [-0.4, -0.2) is 19.0 Å². The number of ketones is 1. The average molecular weight is 166 g/mol. The topological polar surface area (TPSA) is 26.3 Å². The van der Waals surface area contributed by atoms with E-state index in [0.29, 0.717) is 23.0 Å². The van der Waals surface area contributed by atoms with Crippen molar-refractivity contribution in [3.63, 3.8) is 0 Å². The van der Waals surface area contributed by atoms with Gasteiger partial charge in [-0.05, 0) is 12.8 Å². The van der Waals surface area contributed by atoms with E-state index in [0.717, 1.165) is 19.6 Å². The lowest BCUT2D eigenvalue weighted by Crippen LogP contribution is -2.58. The molecule has 66 valence electrons. The Balaban J connectivity index is 1.94. The van der Waals surface area contributed by atoms with E-state index in [2.05, 4.69) is 0 Å². The van der Waals surface area contributed by atoms with Gasteiger partial charge in [0.05, 0.1) is 13.2 Å². The summed E-state index contributed by atoms with van der Waals surface area (Å²) in [7, 11) is 0. The molecule has 3 atom stereocenters. The molecule has 3 fully saturated rings. The average Bonchev–Trinajstić information content (AvgIpc) is 2.43. The molecule has 3 aliphatic rings. The summed E-state index contributed by atoms with van der Waals surface area (Å²) in [6.45, 7) is 1.59. The Labute approximate surface area is 72.3 Å². The van der Waals surface area contributed by atoms with E-state index in [4.69, 9.17) is 4.74 Å². The van der Waals surface area contributed by atoms with Crippen LogP contribution in [-0.2, 0) is 9.53 Å². The fourth-order valence-corrected chi connectivity index (χ4v) is 3.43. The molecule has 3 unspecified atom stereocenters. The number of rotatable bonds is 0. The van der Waals surface area contributed by atoms with Gasteiger partial charge < -0.3 is 4.74 Å². The lowest BCUT2D eigenvalue weighted by molar-refractivity contribution is -0.155. The minimum Gasteiger partial charge on any atom is -0.380 e. The molecular weight excluding hydrogens is 152 g/mol. The van der Waals surface area contributed by atoms with Crippen molar-refractivity contribution in [2.75, 3.05) is 13.2 Å². The first kappa shape index (κ1) is 7.07. The number of hydrogen-bond acceptors (Lipinski definition) is 2. The number of Topliss-reactive ketones (excluding diaryl/α,β-unsaturated/α-hetero) is 1. The molecule has 2 aliphatic carbocycles. The van der Waals surface area contributed by atoms with Crippen molar-refractivity contribution in [3.05, 3.63) is 0 Å². The summed E-state index contributed by atoms with van der Waals surface area (Å²) in [4.78, 5) is 11.6.